The van der Waals surface area contributed by atoms with Crippen molar-refractivity contribution in [3.63, 3.8) is 0 Å². The molecule has 0 saturated heterocycles. The van der Waals surface area contributed by atoms with E-state index < -0.39 is 0 Å². The fourth-order valence-corrected chi connectivity index (χ4v) is 1.48. The zero-order chi connectivity index (χ0) is 7.98. The van der Waals surface area contributed by atoms with Gasteiger partial charge in [-0.15, -0.1) is 23.2 Å². The van der Waals surface area contributed by atoms with Crippen molar-refractivity contribution in [2.75, 3.05) is 11.8 Å². The summed E-state index contributed by atoms with van der Waals surface area (Å²) in [6, 6.07) is 0. The third-order valence-corrected chi connectivity index (χ3v) is 2.29. The molecular formula is C7H14Cl2O. The molecule has 62 valence electrons. The van der Waals surface area contributed by atoms with Gasteiger partial charge in [0.25, 0.3) is 0 Å². The predicted octanol–water partition coefficient (Wildman–Crippen LogP) is 2.24. The molecule has 0 aromatic rings. The van der Waals surface area contributed by atoms with Gasteiger partial charge >= 0.3 is 0 Å². The Hall–Kier alpha value is 0.540. The van der Waals surface area contributed by atoms with Crippen LogP contribution in [0.1, 0.15) is 19.8 Å². The van der Waals surface area contributed by atoms with Crippen molar-refractivity contribution in [3.05, 3.63) is 0 Å². The Morgan fingerprint density at radius 2 is 2.00 bits per heavy atom. The average Bonchev–Trinajstić information content (AvgIpc) is 1.91. The lowest BCUT2D eigenvalue weighted by molar-refractivity contribution is 0.113. The molecule has 2 unspecified atom stereocenters. The molecule has 0 bridgehead atoms. The molecule has 0 rings (SSSR count). The lowest BCUT2D eigenvalue weighted by Crippen LogP contribution is -2.21. The van der Waals surface area contributed by atoms with Crippen molar-refractivity contribution in [1.29, 1.82) is 0 Å². The average molecular weight is 185 g/mol. The van der Waals surface area contributed by atoms with Crippen LogP contribution in [0.4, 0.5) is 0 Å². The minimum Gasteiger partial charge on any atom is -0.393 e. The van der Waals surface area contributed by atoms with Crippen LogP contribution in [0.25, 0.3) is 0 Å². The summed E-state index contributed by atoms with van der Waals surface area (Å²) >= 11 is 11.0. The van der Waals surface area contributed by atoms with Gasteiger partial charge in [0.1, 0.15) is 0 Å². The molecule has 2 atom stereocenters. The summed E-state index contributed by atoms with van der Waals surface area (Å²) in [7, 11) is 0. The van der Waals surface area contributed by atoms with Crippen molar-refractivity contribution in [2.24, 2.45) is 5.92 Å². The lowest BCUT2D eigenvalue weighted by atomic mass is 10.00. The SMILES string of the molecule is CCC(CCl)C(O)CCCl. The maximum atomic E-state index is 9.34. The van der Waals surface area contributed by atoms with E-state index in [0.29, 0.717) is 18.2 Å². The smallest absolute Gasteiger partial charge is 0.0591 e. The summed E-state index contributed by atoms with van der Waals surface area (Å²) in [5, 5.41) is 9.34. The Balaban J connectivity index is 3.53. The highest BCUT2D eigenvalue weighted by molar-refractivity contribution is 6.18. The van der Waals surface area contributed by atoms with E-state index >= 15 is 0 Å². The fourth-order valence-electron chi connectivity index (χ4n) is 0.832. The molecule has 0 aliphatic heterocycles. The second kappa shape index (κ2) is 6.26. The van der Waals surface area contributed by atoms with E-state index in [-0.39, 0.29) is 12.0 Å². The molecule has 0 amide bonds. The molecule has 0 aliphatic carbocycles. The third-order valence-electron chi connectivity index (χ3n) is 1.67. The lowest BCUT2D eigenvalue weighted by Gasteiger charge is -2.17. The van der Waals surface area contributed by atoms with Gasteiger partial charge in [-0.1, -0.05) is 6.92 Å². The van der Waals surface area contributed by atoms with E-state index in [1.807, 2.05) is 6.92 Å². The van der Waals surface area contributed by atoms with Crippen LogP contribution < -0.4 is 0 Å². The number of halogens is 2. The van der Waals surface area contributed by atoms with Gasteiger partial charge in [0, 0.05) is 11.8 Å². The molecule has 0 spiro atoms. The van der Waals surface area contributed by atoms with Crippen molar-refractivity contribution >= 4 is 23.2 Å². The van der Waals surface area contributed by atoms with Gasteiger partial charge < -0.3 is 5.11 Å². The van der Waals surface area contributed by atoms with Gasteiger partial charge in [0.2, 0.25) is 0 Å². The Bertz CT molecular complexity index is 74.0. The summed E-state index contributed by atoms with van der Waals surface area (Å²) in [6.45, 7) is 2.02. The van der Waals surface area contributed by atoms with E-state index in [9.17, 15) is 5.11 Å². The predicted molar refractivity (Wildman–Crippen MR) is 45.8 cm³/mol. The number of hydrogen-bond donors (Lipinski definition) is 1. The van der Waals surface area contributed by atoms with Crippen LogP contribution in [0.3, 0.4) is 0 Å². The zero-order valence-electron chi connectivity index (χ0n) is 6.19. The van der Waals surface area contributed by atoms with Crippen molar-refractivity contribution in [1.82, 2.24) is 0 Å². The van der Waals surface area contributed by atoms with E-state index in [1.54, 1.807) is 0 Å². The van der Waals surface area contributed by atoms with Gasteiger partial charge in [-0.25, -0.2) is 0 Å². The monoisotopic (exact) mass is 184 g/mol. The molecule has 0 radical (unpaired) electrons. The molecule has 3 heteroatoms. The zero-order valence-corrected chi connectivity index (χ0v) is 7.70. The molecule has 0 aromatic carbocycles. The standard InChI is InChI=1S/C7H14Cl2O/c1-2-6(5-9)7(10)3-4-8/h6-7,10H,2-5H2,1H3. The van der Waals surface area contributed by atoms with Crippen LogP contribution in [0.15, 0.2) is 0 Å². The summed E-state index contributed by atoms with van der Waals surface area (Å²) in [4.78, 5) is 0. The van der Waals surface area contributed by atoms with Gasteiger partial charge in [0.15, 0.2) is 0 Å². The maximum absolute atomic E-state index is 9.34. The normalized spacial score (nSPS) is 16.8. The second-order valence-corrected chi connectivity index (χ2v) is 3.05. The minimum absolute atomic E-state index is 0.209. The largest absolute Gasteiger partial charge is 0.393 e. The summed E-state index contributed by atoms with van der Waals surface area (Å²) in [5.74, 6) is 1.24. The highest BCUT2D eigenvalue weighted by atomic mass is 35.5. The number of aliphatic hydroxyl groups excluding tert-OH is 1. The van der Waals surface area contributed by atoms with Gasteiger partial charge in [-0.2, -0.15) is 0 Å². The quantitative estimate of drug-likeness (QED) is 0.651. The van der Waals surface area contributed by atoms with Gasteiger partial charge in [-0.3, -0.25) is 0 Å². The van der Waals surface area contributed by atoms with E-state index in [1.165, 1.54) is 0 Å². The van der Waals surface area contributed by atoms with E-state index in [2.05, 4.69) is 0 Å². The number of hydrogen-bond acceptors (Lipinski definition) is 1. The summed E-state index contributed by atoms with van der Waals surface area (Å²) in [5.41, 5.74) is 0. The minimum atomic E-state index is -0.319. The van der Waals surface area contributed by atoms with Gasteiger partial charge in [0.05, 0.1) is 6.10 Å². The van der Waals surface area contributed by atoms with Crippen LogP contribution in [-0.2, 0) is 0 Å². The first-order valence-corrected chi connectivity index (χ1v) is 4.63. The molecular weight excluding hydrogens is 171 g/mol. The van der Waals surface area contributed by atoms with E-state index in [4.69, 9.17) is 23.2 Å². The number of aliphatic hydroxyl groups is 1. The number of alkyl halides is 2. The highest BCUT2D eigenvalue weighted by Crippen LogP contribution is 2.13. The fraction of sp³-hybridized carbons (Fsp3) is 1.00. The van der Waals surface area contributed by atoms with Crippen LogP contribution >= 0.6 is 23.2 Å². The van der Waals surface area contributed by atoms with Gasteiger partial charge in [-0.05, 0) is 18.8 Å². The summed E-state index contributed by atoms with van der Waals surface area (Å²) in [6.07, 6.45) is 1.24. The van der Waals surface area contributed by atoms with E-state index in [0.717, 1.165) is 6.42 Å². The van der Waals surface area contributed by atoms with Crippen LogP contribution in [-0.4, -0.2) is 23.0 Å². The van der Waals surface area contributed by atoms with Crippen molar-refractivity contribution in [3.8, 4) is 0 Å². The molecule has 0 aromatic heterocycles. The molecule has 0 aliphatic rings. The van der Waals surface area contributed by atoms with Crippen LogP contribution in [0, 0.1) is 5.92 Å². The first kappa shape index (κ1) is 10.5. The first-order valence-electron chi connectivity index (χ1n) is 3.56. The molecule has 0 heterocycles. The van der Waals surface area contributed by atoms with Crippen LogP contribution in [0.2, 0.25) is 0 Å². The molecule has 10 heavy (non-hydrogen) atoms. The topological polar surface area (TPSA) is 20.2 Å². The third kappa shape index (κ3) is 3.65. The molecule has 1 N–H and O–H groups in total. The summed E-state index contributed by atoms with van der Waals surface area (Å²) < 4.78 is 0. The Kier molecular flexibility index (Phi) is 6.60. The highest BCUT2D eigenvalue weighted by Gasteiger charge is 2.14. The molecule has 0 saturated carbocycles. The Morgan fingerprint density at radius 1 is 1.40 bits per heavy atom. The van der Waals surface area contributed by atoms with Crippen molar-refractivity contribution < 1.29 is 5.11 Å². The Morgan fingerprint density at radius 3 is 2.30 bits per heavy atom. The van der Waals surface area contributed by atoms with Crippen molar-refractivity contribution in [2.45, 2.75) is 25.9 Å². The van der Waals surface area contributed by atoms with Crippen LogP contribution in [0.5, 0.6) is 0 Å². The second-order valence-electron chi connectivity index (χ2n) is 2.37. The maximum Gasteiger partial charge on any atom is 0.0591 e. The molecule has 1 nitrogen and oxygen atoms in total. The molecule has 0 fully saturated rings. The number of rotatable bonds is 5. The first-order chi connectivity index (χ1) is 4.76. The Labute approximate surface area is 72.3 Å².